The first-order chi connectivity index (χ1) is 11.7. The average molecular weight is 316 g/mol. The van der Waals surface area contributed by atoms with Gasteiger partial charge in [0.15, 0.2) is 0 Å². The van der Waals surface area contributed by atoms with Gasteiger partial charge in [-0.25, -0.2) is 0 Å². The number of amides is 1. The van der Waals surface area contributed by atoms with Crippen LogP contribution in [0.3, 0.4) is 0 Å². The quantitative estimate of drug-likeness (QED) is 0.759. The van der Waals surface area contributed by atoms with Gasteiger partial charge in [0.25, 0.3) is 0 Å². The minimum atomic E-state index is -0.410. The lowest BCUT2D eigenvalue weighted by Gasteiger charge is -2.16. The summed E-state index contributed by atoms with van der Waals surface area (Å²) in [6.07, 6.45) is 2.83. The molecule has 120 valence electrons. The molecule has 0 radical (unpaired) electrons. The van der Waals surface area contributed by atoms with Crippen molar-refractivity contribution in [1.82, 2.24) is 4.98 Å². The highest BCUT2D eigenvalue weighted by Crippen LogP contribution is 2.29. The summed E-state index contributed by atoms with van der Waals surface area (Å²) in [4.78, 5) is 15.8. The molecule has 3 aromatic rings. The predicted octanol–water partition coefficient (Wildman–Crippen LogP) is 4.39. The lowest BCUT2D eigenvalue weighted by molar-refractivity contribution is 0.100. The molecule has 1 unspecified atom stereocenters. The van der Waals surface area contributed by atoms with Crippen molar-refractivity contribution in [2.75, 3.05) is 0 Å². The van der Waals surface area contributed by atoms with Gasteiger partial charge < -0.3 is 5.73 Å². The van der Waals surface area contributed by atoms with Gasteiger partial charge in [0, 0.05) is 23.4 Å². The van der Waals surface area contributed by atoms with Crippen LogP contribution < -0.4 is 5.73 Å². The first-order valence-electron chi connectivity index (χ1n) is 8.10. The minimum Gasteiger partial charge on any atom is -0.366 e. The van der Waals surface area contributed by atoms with Crippen LogP contribution in [-0.2, 0) is 0 Å². The Kier molecular flexibility index (Phi) is 4.71. The number of carbonyl (C=O) groups excluding carboxylic acids is 1. The first kappa shape index (κ1) is 15.9. The molecule has 0 aliphatic carbocycles. The van der Waals surface area contributed by atoms with E-state index in [-0.39, 0.29) is 5.92 Å². The monoisotopic (exact) mass is 316 g/mol. The van der Waals surface area contributed by atoms with Gasteiger partial charge in [0.1, 0.15) is 0 Å². The maximum absolute atomic E-state index is 11.2. The first-order valence-corrected chi connectivity index (χ1v) is 8.10. The van der Waals surface area contributed by atoms with E-state index in [0.29, 0.717) is 5.56 Å². The van der Waals surface area contributed by atoms with Crippen LogP contribution in [0.15, 0.2) is 72.9 Å². The molecule has 0 fully saturated rings. The second-order valence-electron chi connectivity index (χ2n) is 5.78. The molecule has 1 atom stereocenters. The molecule has 0 bridgehead atoms. The van der Waals surface area contributed by atoms with E-state index in [0.717, 1.165) is 23.2 Å². The van der Waals surface area contributed by atoms with E-state index >= 15 is 0 Å². The van der Waals surface area contributed by atoms with Crippen LogP contribution in [0.2, 0.25) is 0 Å². The highest BCUT2D eigenvalue weighted by molar-refractivity contribution is 5.93. The van der Waals surface area contributed by atoms with Crippen molar-refractivity contribution in [1.29, 1.82) is 0 Å². The molecule has 3 nitrogen and oxygen atoms in total. The van der Waals surface area contributed by atoms with Crippen LogP contribution in [0, 0.1) is 0 Å². The van der Waals surface area contributed by atoms with Crippen molar-refractivity contribution in [3.05, 3.63) is 89.7 Å². The van der Waals surface area contributed by atoms with Gasteiger partial charge in [-0.3, -0.25) is 9.78 Å². The molecule has 0 aliphatic rings. The van der Waals surface area contributed by atoms with Crippen LogP contribution in [-0.4, -0.2) is 10.9 Å². The Morgan fingerprint density at radius 3 is 2.33 bits per heavy atom. The molecular formula is C21H20N2O. The van der Waals surface area contributed by atoms with Crippen molar-refractivity contribution in [3.8, 4) is 11.1 Å². The van der Waals surface area contributed by atoms with E-state index in [1.165, 1.54) is 5.56 Å². The summed E-state index contributed by atoms with van der Waals surface area (Å²) >= 11 is 0. The molecule has 3 rings (SSSR count). The average Bonchev–Trinajstić information content (AvgIpc) is 2.64. The van der Waals surface area contributed by atoms with Gasteiger partial charge >= 0.3 is 0 Å². The summed E-state index contributed by atoms with van der Waals surface area (Å²) in [6.45, 7) is 2.17. The number of nitrogens with two attached hydrogens (primary N) is 1. The summed E-state index contributed by atoms with van der Waals surface area (Å²) < 4.78 is 0. The van der Waals surface area contributed by atoms with E-state index in [1.807, 2.05) is 30.5 Å². The van der Waals surface area contributed by atoms with E-state index in [2.05, 4.69) is 42.2 Å². The second kappa shape index (κ2) is 7.09. The zero-order valence-corrected chi connectivity index (χ0v) is 13.6. The Morgan fingerprint density at radius 1 is 1.00 bits per heavy atom. The van der Waals surface area contributed by atoms with Crippen LogP contribution in [0.5, 0.6) is 0 Å². The van der Waals surface area contributed by atoms with E-state index in [1.54, 1.807) is 12.1 Å². The Morgan fingerprint density at radius 2 is 1.71 bits per heavy atom. The number of benzene rings is 2. The maximum Gasteiger partial charge on any atom is 0.248 e. The number of hydrogen-bond acceptors (Lipinski definition) is 2. The lowest BCUT2D eigenvalue weighted by atomic mass is 9.91. The molecule has 2 N–H and O–H groups in total. The summed E-state index contributed by atoms with van der Waals surface area (Å²) in [5.41, 5.74) is 10.3. The molecule has 0 spiro atoms. The Bertz CT molecular complexity index is 826. The highest BCUT2D eigenvalue weighted by Gasteiger charge is 2.14. The number of carbonyl (C=O) groups is 1. The van der Waals surface area contributed by atoms with E-state index in [4.69, 9.17) is 5.73 Å². The zero-order valence-electron chi connectivity index (χ0n) is 13.6. The summed E-state index contributed by atoms with van der Waals surface area (Å²) in [7, 11) is 0. The Balaban J connectivity index is 1.95. The fraction of sp³-hybridized carbons (Fsp3) is 0.143. The molecule has 24 heavy (non-hydrogen) atoms. The minimum absolute atomic E-state index is 0.274. The van der Waals surface area contributed by atoms with Gasteiger partial charge in [-0.15, -0.1) is 0 Å². The normalized spacial score (nSPS) is 11.9. The van der Waals surface area contributed by atoms with E-state index < -0.39 is 5.91 Å². The number of rotatable bonds is 5. The topological polar surface area (TPSA) is 56.0 Å². The smallest absolute Gasteiger partial charge is 0.248 e. The largest absolute Gasteiger partial charge is 0.366 e. The Hall–Kier alpha value is -2.94. The zero-order chi connectivity index (χ0) is 16.9. The van der Waals surface area contributed by atoms with Crippen molar-refractivity contribution in [2.24, 2.45) is 5.73 Å². The van der Waals surface area contributed by atoms with Crippen LogP contribution >= 0.6 is 0 Å². The molecule has 1 aromatic heterocycles. The molecule has 1 amide bonds. The van der Waals surface area contributed by atoms with Gasteiger partial charge in [-0.2, -0.15) is 0 Å². The van der Waals surface area contributed by atoms with Crippen molar-refractivity contribution in [2.45, 2.75) is 19.3 Å². The third-order valence-electron chi connectivity index (χ3n) is 4.25. The molecule has 3 heteroatoms. The van der Waals surface area contributed by atoms with Gasteiger partial charge in [-0.1, -0.05) is 49.4 Å². The number of pyridine rings is 1. The molecule has 0 saturated heterocycles. The summed E-state index contributed by atoms with van der Waals surface area (Å²) in [5.74, 6) is -0.136. The standard InChI is InChI=1S/C21H20N2O/c1-2-19(16-6-4-3-5-7-16)20-14-18(12-13-23-20)15-8-10-17(11-9-15)21(22)24/h3-14,19H,2H2,1H3,(H2,22,24). The fourth-order valence-corrected chi connectivity index (χ4v) is 2.95. The van der Waals surface area contributed by atoms with Crippen molar-refractivity contribution >= 4 is 5.91 Å². The highest BCUT2D eigenvalue weighted by atomic mass is 16.1. The van der Waals surface area contributed by atoms with Crippen molar-refractivity contribution in [3.63, 3.8) is 0 Å². The number of aromatic nitrogens is 1. The van der Waals surface area contributed by atoms with Gasteiger partial charge in [0.05, 0.1) is 0 Å². The third-order valence-corrected chi connectivity index (χ3v) is 4.25. The molecule has 0 aliphatic heterocycles. The van der Waals surface area contributed by atoms with Crippen LogP contribution in [0.4, 0.5) is 0 Å². The predicted molar refractivity (Wildman–Crippen MR) is 96.8 cm³/mol. The van der Waals surface area contributed by atoms with Crippen LogP contribution in [0.1, 0.15) is 40.9 Å². The number of primary amides is 1. The SMILES string of the molecule is CCC(c1ccccc1)c1cc(-c2ccc(C(N)=O)cc2)ccn1. The second-order valence-corrected chi connectivity index (χ2v) is 5.78. The Labute approximate surface area is 142 Å². The lowest BCUT2D eigenvalue weighted by Crippen LogP contribution is -2.10. The third kappa shape index (κ3) is 3.35. The van der Waals surface area contributed by atoms with Gasteiger partial charge in [0.2, 0.25) is 5.91 Å². The van der Waals surface area contributed by atoms with Gasteiger partial charge in [-0.05, 0) is 47.4 Å². The maximum atomic E-state index is 11.2. The fourth-order valence-electron chi connectivity index (χ4n) is 2.95. The number of hydrogen-bond donors (Lipinski definition) is 1. The van der Waals surface area contributed by atoms with Crippen LogP contribution in [0.25, 0.3) is 11.1 Å². The van der Waals surface area contributed by atoms with Crippen molar-refractivity contribution < 1.29 is 4.79 Å². The molecular weight excluding hydrogens is 296 g/mol. The van der Waals surface area contributed by atoms with E-state index in [9.17, 15) is 4.79 Å². The number of nitrogens with zero attached hydrogens (tertiary/aromatic N) is 1. The molecule has 1 heterocycles. The molecule has 0 saturated carbocycles. The summed E-state index contributed by atoms with van der Waals surface area (Å²) in [6, 6.07) is 21.9. The summed E-state index contributed by atoms with van der Waals surface area (Å²) in [5, 5.41) is 0. The molecule has 2 aromatic carbocycles.